The Kier molecular flexibility index (Phi) is 4.85. The first-order valence-electron chi connectivity index (χ1n) is 5.31. The predicted octanol–water partition coefficient (Wildman–Crippen LogP) is 4.59. The third-order valence-electron chi connectivity index (χ3n) is 2.06. The fraction of sp³-hybridized carbons (Fsp3) is 1.00. The van der Waals surface area contributed by atoms with Crippen LogP contribution in [0.4, 0.5) is 0 Å². The fourth-order valence-corrected chi connectivity index (χ4v) is 3.51. The zero-order chi connectivity index (χ0) is 10.7. The highest BCUT2D eigenvalue weighted by molar-refractivity contribution is 7.99. The van der Waals surface area contributed by atoms with Crippen molar-refractivity contribution in [1.29, 1.82) is 0 Å². The van der Waals surface area contributed by atoms with Crippen molar-refractivity contribution < 1.29 is 0 Å². The van der Waals surface area contributed by atoms with E-state index >= 15 is 0 Å². The molecule has 0 radical (unpaired) electrons. The number of rotatable bonds is 3. The minimum atomic E-state index is 0.415. The maximum atomic E-state index is 2.35. The van der Waals surface area contributed by atoms with E-state index in [1.54, 1.807) is 0 Å². The molecule has 0 nitrogen and oxygen atoms in total. The van der Waals surface area contributed by atoms with E-state index in [2.05, 4.69) is 60.2 Å². The molecule has 13 heavy (non-hydrogen) atoms. The lowest BCUT2D eigenvalue weighted by Gasteiger charge is -2.40. The zero-order valence-corrected chi connectivity index (χ0v) is 11.2. The summed E-state index contributed by atoms with van der Waals surface area (Å²) in [5.41, 5.74) is 0.830. The summed E-state index contributed by atoms with van der Waals surface area (Å²) in [5.74, 6) is 1.29. The van der Waals surface area contributed by atoms with E-state index in [0.29, 0.717) is 10.8 Å². The van der Waals surface area contributed by atoms with Crippen molar-refractivity contribution in [3.8, 4) is 0 Å². The predicted molar refractivity (Wildman–Crippen MR) is 65.4 cm³/mol. The van der Waals surface area contributed by atoms with Crippen LogP contribution in [0.15, 0.2) is 0 Å². The molecule has 0 aliphatic heterocycles. The Morgan fingerprint density at radius 2 is 1.31 bits per heavy atom. The van der Waals surface area contributed by atoms with Crippen LogP contribution in [0.1, 0.15) is 54.9 Å². The summed E-state index contributed by atoms with van der Waals surface area (Å²) in [4.78, 5) is 0. The number of thioether (sulfide) groups is 1. The van der Waals surface area contributed by atoms with Crippen LogP contribution in [0.5, 0.6) is 0 Å². The van der Waals surface area contributed by atoms with Crippen molar-refractivity contribution in [3.63, 3.8) is 0 Å². The van der Waals surface area contributed by atoms with Crippen LogP contribution in [0.2, 0.25) is 0 Å². The second-order valence-electron chi connectivity index (χ2n) is 5.98. The highest BCUT2D eigenvalue weighted by atomic mass is 32.2. The Balaban J connectivity index is 4.39. The van der Waals surface area contributed by atoms with Crippen LogP contribution in [0.25, 0.3) is 0 Å². The quantitative estimate of drug-likeness (QED) is 0.645. The van der Waals surface area contributed by atoms with Gasteiger partial charge in [0, 0.05) is 5.25 Å². The van der Waals surface area contributed by atoms with Gasteiger partial charge in [0.2, 0.25) is 0 Å². The smallest absolute Gasteiger partial charge is 0.0144 e. The van der Waals surface area contributed by atoms with E-state index in [0.717, 1.165) is 5.25 Å². The molecule has 0 N–H and O–H groups in total. The van der Waals surface area contributed by atoms with Gasteiger partial charge in [-0.15, -0.1) is 0 Å². The van der Waals surface area contributed by atoms with E-state index in [-0.39, 0.29) is 0 Å². The molecule has 0 aliphatic rings. The van der Waals surface area contributed by atoms with Gasteiger partial charge in [-0.25, -0.2) is 0 Å². The average molecular weight is 202 g/mol. The minimum absolute atomic E-state index is 0.415. The van der Waals surface area contributed by atoms with Crippen LogP contribution < -0.4 is 0 Å². The van der Waals surface area contributed by atoms with Crippen LogP contribution in [0.3, 0.4) is 0 Å². The molecule has 0 saturated carbocycles. The Bertz CT molecular complexity index is 122. The molecule has 0 fully saturated rings. The van der Waals surface area contributed by atoms with Gasteiger partial charge < -0.3 is 0 Å². The van der Waals surface area contributed by atoms with Crippen LogP contribution >= 0.6 is 11.8 Å². The lowest BCUT2D eigenvalue weighted by atomic mass is 9.77. The normalized spacial score (nSPS) is 13.8. The van der Waals surface area contributed by atoms with Crippen LogP contribution in [0, 0.1) is 10.8 Å². The molecule has 1 heteroatoms. The second-order valence-corrected chi connectivity index (χ2v) is 7.20. The first-order chi connectivity index (χ1) is 5.69. The molecule has 0 spiro atoms. The molecule has 0 bridgehead atoms. The van der Waals surface area contributed by atoms with E-state index < -0.39 is 0 Å². The van der Waals surface area contributed by atoms with Gasteiger partial charge in [-0.05, 0) is 23.0 Å². The summed E-state index contributed by atoms with van der Waals surface area (Å²) >= 11 is 2.14. The fourth-order valence-electron chi connectivity index (χ4n) is 2.03. The Morgan fingerprint density at radius 1 is 0.923 bits per heavy atom. The SMILES string of the molecule is CCCSC(C(C)(C)C)C(C)(C)C. The van der Waals surface area contributed by atoms with E-state index in [1.807, 2.05) is 0 Å². The van der Waals surface area contributed by atoms with Gasteiger partial charge in [0.05, 0.1) is 0 Å². The zero-order valence-electron chi connectivity index (χ0n) is 10.4. The van der Waals surface area contributed by atoms with E-state index in [1.165, 1.54) is 12.2 Å². The van der Waals surface area contributed by atoms with Crippen molar-refractivity contribution in [2.75, 3.05) is 5.75 Å². The average Bonchev–Trinajstić information content (AvgIpc) is 1.81. The van der Waals surface area contributed by atoms with Gasteiger partial charge in [0.25, 0.3) is 0 Å². The topological polar surface area (TPSA) is 0 Å². The molecule has 0 aromatic rings. The third-order valence-corrected chi connectivity index (χ3v) is 4.45. The molecule has 0 aliphatic carbocycles. The van der Waals surface area contributed by atoms with Crippen molar-refractivity contribution in [2.45, 2.75) is 60.1 Å². The largest absolute Gasteiger partial charge is 0.157 e. The van der Waals surface area contributed by atoms with Gasteiger partial charge in [0.1, 0.15) is 0 Å². The minimum Gasteiger partial charge on any atom is -0.157 e. The summed E-state index contributed by atoms with van der Waals surface area (Å²) < 4.78 is 0. The maximum Gasteiger partial charge on any atom is 0.0144 e. The molecule has 0 atom stereocenters. The first-order valence-corrected chi connectivity index (χ1v) is 6.36. The lowest BCUT2D eigenvalue weighted by Crippen LogP contribution is -2.35. The van der Waals surface area contributed by atoms with Gasteiger partial charge in [-0.1, -0.05) is 48.5 Å². The molecule has 0 saturated heterocycles. The summed E-state index contributed by atoms with van der Waals surface area (Å²) in [7, 11) is 0. The van der Waals surface area contributed by atoms with Crippen molar-refractivity contribution in [1.82, 2.24) is 0 Å². The van der Waals surface area contributed by atoms with E-state index in [4.69, 9.17) is 0 Å². The van der Waals surface area contributed by atoms with E-state index in [9.17, 15) is 0 Å². The summed E-state index contributed by atoms with van der Waals surface area (Å²) in [5, 5.41) is 0.750. The van der Waals surface area contributed by atoms with Crippen molar-refractivity contribution in [3.05, 3.63) is 0 Å². The van der Waals surface area contributed by atoms with Gasteiger partial charge in [-0.3, -0.25) is 0 Å². The molecule has 0 heterocycles. The maximum absolute atomic E-state index is 2.35. The molecule has 0 aromatic heterocycles. The lowest BCUT2D eigenvalue weighted by molar-refractivity contribution is 0.249. The summed E-state index contributed by atoms with van der Waals surface area (Å²) in [6.07, 6.45) is 1.29. The van der Waals surface area contributed by atoms with Gasteiger partial charge in [-0.2, -0.15) is 11.8 Å². The highest BCUT2D eigenvalue weighted by Gasteiger charge is 2.34. The first kappa shape index (κ1) is 13.4. The Morgan fingerprint density at radius 3 is 1.54 bits per heavy atom. The van der Waals surface area contributed by atoms with Crippen molar-refractivity contribution >= 4 is 11.8 Å². The monoisotopic (exact) mass is 202 g/mol. The van der Waals surface area contributed by atoms with Crippen LogP contribution in [-0.4, -0.2) is 11.0 Å². The van der Waals surface area contributed by atoms with Crippen LogP contribution in [-0.2, 0) is 0 Å². The molecule has 0 amide bonds. The summed E-state index contributed by atoms with van der Waals surface area (Å²) in [6, 6.07) is 0. The molecule has 0 unspecified atom stereocenters. The van der Waals surface area contributed by atoms with Gasteiger partial charge >= 0.3 is 0 Å². The highest BCUT2D eigenvalue weighted by Crippen LogP contribution is 2.42. The number of hydrogen-bond acceptors (Lipinski definition) is 1. The third kappa shape index (κ3) is 4.95. The standard InChI is InChI=1S/C12H26S/c1-8-9-13-10(11(2,3)4)12(5,6)7/h10H,8-9H2,1-7H3. The number of hydrogen-bond donors (Lipinski definition) is 0. The Hall–Kier alpha value is 0.350. The Labute approximate surface area is 88.9 Å². The van der Waals surface area contributed by atoms with Crippen molar-refractivity contribution in [2.24, 2.45) is 10.8 Å². The summed E-state index contributed by atoms with van der Waals surface area (Å²) in [6.45, 7) is 16.4. The molecule has 0 aromatic carbocycles. The molecular formula is C12H26S. The second kappa shape index (κ2) is 4.72. The molecule has 0 rings (SSSR count). The molecular weight excluding hydrogens is 176 g/mol. The molecule has 80 valence electrons. The van der Waals surface area contributed by atoms with Gasteiger partial charge in [0.15, 0.2) is 0 Å².